The summed E-state index contributed by atoms with van der Waals surface area (Å²) in [5.74, 6) is -3.25. The molecular weight excluding hydrogens is 328 g/mol. The third-order valence-corrected chi connectivity index (χ3v) is 4.58. The van der Waals surface area contributed by atoms with Gasteiger partial charge in [0.2, 0.25) is 0 Å². The fraction of sp³-hybridized carbons (Fsp3) is 0.611. The molecular formula is C18H27F2N3O2. The number of benzene rings is 1. The lowest BCUT2D eigenvalue weighted by atomic mass is 10.0. The van der Waals surface area contributed by atoms with E-state index >= 15 is 0 Å². The highest BCUT2D eigenvalue weighted by Crippen LogP contribution is 2.27. The van der Waals surface area contributed by atoms with Crippen LogP contribution in [0.4, 0.5) is 13.6 Å². The maximum absolute atomic E-state index is 13.5. The van der Waals surface area contributed by atoms with Gasteiger partial charge in [-0.3, -0.25) is 4.90 Å². The van der Waals surface area contributed by atoms with Crippen LogP contribution in [0.15, 0.2) is 24.3 Å². The Balaban J connectivity index is 1.89. The molecule has 0 saturated carbocycles. The number of aliphatic hydroxyl groups is 1. The van der Waals surface area contributed by atoms with Crippen molar-refractivity contribution in [1.82, 2.24) is 15.1 Å². The molecule has 1 aromatic rings. The van der Waals surface area contributed by atoms with Crippen LogP contribution >= 0.6 is 0 Å². The van der Waals surface area contributed by atoms with Gasteiger partial charge in [0.15, 0.2) is 0 Å². The molecule has 2 rings (SSSR count). The standard InChI is InChI=1S/C18H27F2N3O2/c1-3-22(4-2)12-15-7-5-6-14(10-15)11-21-17(25)23-9-8-16(24)18(19,20)13-23/h5-7,10,16,24H,3-4,8-9,11-13H2,1-2H3,(H,21,25). The van der Waals surface area contributed by atoms with Crippen molar-refractivity contribution >= 4 is 6.03 Å². The number of halogens is 2. The van der Waals surface area contributed by atoms with E-state index in [-0.39, 0.29) is 19.5 Å². The lowest BCUT2D eigenvalue weighted by Crippen LogP contribution is -2.55. The van der Waals surface area contributed by atoms with E-state index in [9.17, 15) is 18.7 Å². The van der Waals surface area contributed by atoms with E-state index in [2.05, 4.69) is 24.1 Å². The number of alkyl halides is 2. The summed E-state index contributed by atoms with van der Waals surface area (Å²) in [6.07, 6.45) is -1.78. The van der Waals surface area contributed by atoms with Crippen LogP contribution < -0.4 is 5.32 Å². The molecule has 0 bridgehead atoms. The monoisotopic (exact) mass is 355 g/mol. The summed E-state index contributed by atoms with van der Waals surface area (Å²) in [7, 11) is 0. The first-order chi connectivity index (χ1) is 11.9. The van der Waals surface area contributed by atoms with Crippen LogP contribution in [0.5, 0.6) is 0 Å². The molecule has 2 N–H and O–H groups in total. The molecule has 2 amide bonds. The van der Waals surface area contributed by atoms with E-state index < -0.39 is 24.6 Å². The first-order valence-corrected chi connectivity index (χ1v) is 8.74. The van der Waals surface area contributed by atoms with Gasteiger partial charge in [0, 0.05) is 19.6 Å². The van der Waals surface area contributed by atoms with Crippen LogP contribution in [0.2, 0.25) is 0 Å². The van der Waals surface area contributed by atoms with Crippen molar-refractivity contribution < 1.29 is 18.7 Å². The fourth-order valence-corrected chi connectivity index (χ4v) is 2.93. The molecule has 25 heavy (non-hydrogen) atoms. The molecule has 1 heterocycles. The number of hydrogen-bond donors (Lipinski definition) is 2. The molecule has 0 spiro atoms. The van der Waals surface area contributed by atoms with Crippen molar-refractivity contribution in [3.8, 4) is 0 Å². The van der Waals surface area contributed by atoms with E-state index in [0.29, 0.717) is 0 Å². The van der Waals surface area contributed by atoms with E-state index in [4.69, 9.17) is 0 Å². The Labute approximate surface area is 147 Å². The van der Waals surface area contributed by atoms with Crippen molar-refractivity contribution in [3.63, 3.8) is 0 Å². The van der Waals surface area contributed by atoms with Crippen molar-refractivity contribution in [1.29, 1.82) is 0 Å². The second-order valence-corrected chi connectivity index (χ2v) is 6.43. The lowest BCUT2D eigenvalue weighted by molar-refractivity contribution is -0.141. The number of amides is 2. The minimum atomic E-state index is -3.25. The molecule has 1 aliphatic heterocycles. The molecule has 0 aromatic heterocycles. The van der Waals surface area contributed by atoms with Crippen LogP contribution in [0.1, 0.15) is 31.4 Å². The van der Waals surface area contributed by atoms with E-state index in [1.54, 1.807) is 0 Å². The topological polar surface area (TPSA) is 55.8 Å². The van der Waals surface area contributed by atoms with Gasteiger partial charge in [-0.2, -0.15) is 0 Å². The van der Waals surface area contributed by atoms with Gasteiger partial charge in [0.25, 0.3) is 5.92 Å². The minimum absolute atomic E-state index is 0.111. The number of hydrogen-bond acceptors (Lipinski definition) is 3. The zero-order valence-corrected chi connectivity index (χ0v) is 14.8. The molecule has 0 aliphatic carbocycles. The highest BCUT2D eigenvalue weighted by atomic mass is 19.3. The zero-order valence-electron chi connectivity index (χ0n) is 14.8. The van der Waals surface area contributed by atoms with Gasteiger partial charge in [-0.25, -0.2) is 13.6 Å². The van der Waals surface area contributed by atoms with Gasteiger partial charge in [-0.05, 0) is 30.6 Å². The molecule has 1 atom stereocenters. The number of urea groups is 1. The maximum Gasteiger partial charge on any atom is 0.317 e. The molecule has 1 saturated heterocycles. The summed E-state index contributed by atoms with van der Waals surface area (Å²) < 4.78 is 27.1. The molecule has 1 aliphatic rings. The highest BCUT2D eigenvalue weighted by molar-refractivity contribution is 5.74. The number of rotatable bonds is 6. The first kappa shape index (κ1) is 19.6. The van der Waals surface area contributed by atoms with Crippen molar-refractivity contribution in [2.45, 2.75) is 45.4 Å². The highest BCUT2D eigenvalue weighted by Gasteiger charge is 2.44. The van der Waals surface area contributed by atoms with Crippen LogP contribution in [0, 0.1) is 0 Å². The second kappa shape index (κ2) is 8.58. The number of piperidine rings is 1. The Morgan fingerprint density at radius 3 is 2.68 bits per heavy atom. The summed E-state index contributed by atoms with van der Waals surface area (Å²) in [6, 6.07) is 7.37. The SMILES string of the molecule is CCN(CC)Cc1cccc(CNC(=O)N2CCC(O)C(F)(F)C2)c1. The smallest absolute Gasteiger partial charge is 0.317 e. The first-order valence-electron chi connectivity index (χ1n) is 8.74. The van der Waals surface area contributed by atoms with Crippen LogP contribution in [0.3, 0.4) is 0 Å². The van der Waals surface area contributed by atoms with Crippen molar-refractivity contribution in [3.05, 3.63) is 35.4 Å². The summed E-state index contributed by atoms with van der Waals surface area (Å²) in [6.45, 7) is 6.66. The fourth-order valence-electron chi connectivity index (χ4n) is 2.93. The molecule has 140 valence electrons. The molecule has 5 nitrogen and oxygen atoms in total. The van der Waals surface area contributed by atoms with Crippen molar-refractivity contribution in [2.75, 3.05) is 26.2 Å². The third-order valence-electron chi connectivity index (χ3n) is 4.58. The molecule has 1 aromatic carbocycles. The Morgan fingerprint density at radius 1 is 1.36 bits per heavy atom. The number of carbonyl (C=O) groups is 1. The average molecular weight is 355 g/mol. The Bertz CT molecular complexity index is 579. The quantitative estimate of drug-likeness (QED) is 0.824. The van der Waals surface area contributed by atoms with E-state index in [1.165, 1.54) is 0 Å². The van der Waals surface area contributed by atoms with E-state index in [0.717, 1.165) is 35.7 Å². The zero-order chi connectivity index (χ0) is 18.4. The van der Waals surface area contributed by atoms with E-state index in [1.807, 2.05) is 24.3 Å². The van der Waals surface area contributed by atoms with Gasteiger partial charge in [0.1, 0.15) is 6.10 Å². The summed E-state index contributed by atoms with van der Waals surface area (Å²) in [5, 5.41) is 12.0. The Kier molecular flexibility index (Phi) is 6.72. The number of likely N-dealkylation sites (tertiary alicyclic amines) is 1. The van der Waals surface area contributed by atoms with Crippen LogP contribution in [-0.4, -0.2) is 59.1 Å². The number of carbonyl (C=O) groups excluding carboxylic acids is 1. The van der Waals surface area contributed by atoms with Crippen molar-refractivity contribution in [2.24, 2.45) is 0 Å². The summed E-state index contributed by atoms with van der Waals surface area (Å²) >= 11 is 0. The van der Waals surface area contributed by atoms with Gasteiger partial charge < -0.3 is 15.3 Å². The predicted molar refractivity (Wildman–Crippen MR) is 92.4 cm³/mol. The molecule has 1 fully saturated rings. The molecule has 1 unspecified atom stereocenters. The summed E-state index contributed by atoms with van der Waals surface area (Å²) in [5.41, 5.74) is 2.09. The third kappa shape index (κ3) is 5.37. The normalized spacial score (nSPS) is 19.9. The van der Waals surface area contributed by atoms with Gasteiger partial charge in [-0.1, -0.05) is 38.1 Å². The second-order valence-electron chi connectivity index (χ2n) is 6.43. The number of aliphatic hydroxyl groups excluding tert-OH is 1. The predicted octanol–water partition coefficient (Wildman–Crippen LogP) is 2.44. The number of nitrogens with zero attached hydrogens (tertiary/aromatic N) is 2. The van der Waals surface area contributed by atoms with Gasteiger partial charge >= 0.3 is 6.03 Å². The van der Waals surface area contributed by atoms with Gasteiger partial charge in [-0.15, -0.1) is 0 Å². The Hall–Kier alpha value is -1.73. The van der Waals surface area contributed by atoms with Gasteiger partial charge in [0.05, 0.1) is 6.54 Å². The average Bonchev–Trinajstić information content (AvgIpc) is 2.60. The minimum Gasteiger partial charge on any atom is -0.387 e. The molecule has 7 heteroatoms. The number of nitrogens with one attached hydrogen (secondary N) is 1. The maximum atomic E-state index is 13.5. The molecule has 0 radical (unpaired) electrons. The largest absolute Gasteiger partial charge is 0.387 e. The Morgan fingerprint density at radius 2 is 2.04 bits per heavy atom. The lowest BCUT2D eigenvalue weighted by Gasteiger charge is -2.35. The van der Waals surface area contributed by atoms with Crippen LogP contribution in [0.25, 0.3) is 0 Å². The van der Waals surface area contributed by atoms with Crippen LogP contribution in [-0.2, 0) is 13.1 Å². The summed E-state index contributed by atoms with van der Waals surface area (Å²) in [4.78, 5) is 15.5.